The lowest BCUT2D eigenvalue weighted by molar-refractivity contribution is -0.135. The van der Waals surface area contributed by atoms with Crippen LogP contribution in [0.1, 0.15) is 72.6 Å². The normalized spacial score (nSPS) is 17.0. The van der Waals surface area contributed by atoms with E-state index in [1.165, 1.54) is 0 Å². The Labute approximate surface area is 384 Å². The van der Waals surface area contributed by atoms with Gasteiger partial charge >= 0.3 is 0 Å². The molecule has 9 aromatic rings. The third-order valence-electron chi connectivity index (χ3n) is 12.6. The van der Waals surface area contributed by atoms with Crippen LogP contribution in [0.25, 0.3) is 44.3 Å². The molecule has 2 aliphatic heterocycles. The number of aromatic nitrogens is 8. The molecule has 2 N–H and O–H groups in total. The number of H-pyrrole nitrogens is 2. The number of carbonyl (C=O) groups is 2. The highest BCUT2D eigenvalue weighted by molar-refractivity contribution is 7.59. The van der Waals surface area contributed by atoms with E-state index < -0.39 is 12.1 Å². The van der Waals surface area contributed by atoms with Crippen LogP contribution in [-0.4, -0.2) is 73.7 Å². The van der Waals surface area contributed by atoms with E-state index in [1.54, 1.807) is 25.0 Å². The predicted octanol–water partition coefficient (Wildman–Crippen LogP) is 9.30. The number of benzene rings is 5. The number of hydrogen-bond acceptors (Lipinski definition) is 6. The second-order valence-corrected chi connectivity index (χ2v) is 16.3. The maximum atomic E-state index is 14.3. The first kappa shape index (κ1) is 42.4. The predicted molar refractivity (Wildman–Crippen MR) is 258 cm³/mol. The summed E-state index contributed by atoms with van der Waals surface area (Å²) in [6.07, 6.45) is 14.1. The molecule has 0 bridgehead atoms. The quantitative estimate of drug-likeness (QED) is 0.141. The van der Waals surface area contributed by atoms with Crippen molar-refractivity contribution in [2.45, 2.75) is 49.9 Å². The second-order valence-electron chi connectivity index (χ2n) is 16.3. The Bertz CT molecular complexity index is 2800. The molecule has 0 aliphatic carbocycles. The van der Waals surface area contributed by atoms with Crippen molar-refractivity contribution in [1.29, 1.82) is 0 Å². The van der Waals surface area contributed by atoms with Crippen LogP contribution in [0.4, 0.5) is 0 Å². The van der Waals surface area contributed by atoms with Gasteiger partial charge in [-0.1, -0.05) is 97.1 Å². The van der Waals surface area contributed by atoms with Gasteiger partial charge in [0.15, 0.2) is 0 Å². The van der Waals surface area contributed by atoms with E-state index in [0.29, 0.717) is 13.1 Å². The highest BCUT2D eigenvalue weighted by Crippen LogP contribution is 2.38. The average molecular weight is 885 g/mol. The van der Waals surface area contributed by atoms with Crippen molar-refractivity contribution in [3.05, 3.63) is 182 Å². The number of hydrogen-bond donors (Lipinski definition) is 2. The molecule has 0 radical (unpaired) electrons. The van der Waals surface area contributed by atoms with Crippen LogP contribution in [0.5, 0.6) is 0 Å². The Morgan fingerprint density at radius 1 is 0.531 bits per heavy atom. The fourth-order valence-corrected chi connectivity index (χ4v) is 9.53. The minimum Gasteiger partial charge on any atom is -0.340 e. The van der Waals surface area contributed by atoms with Crippen LogP contribution in [-0.2, 0) is 9.59 Å². The van der Waals surface area contributed by atoms with E-state index in [-0.39, 0.29) is 50.9 Å². The van der Waals surface area contributed by atoms with Crippen molar-refractivity contribution >= 4 is 60.9 Å². The Hall–Kier alpha value is -6.90. The molecule has 0 saturated carbocycles. The molecular formula is C50H48N10O2S2. The maximum Gasteiger partial charge on any atom is 0.250 e. The first-order chi connectivity index (χ1) is 30.6. The van der Waals surface area contributed by atoms with Crippen molar-refractivity contribution in [1.82, 2.24) is 48.8 Å². The van der Waals surface area contributed by atoms with Gasteiger partial charge < -0.3 is 28.9 Å². The zero-order chi connectivity index (χ0) is 41.6. The number of nitrogens with zero attached hydrogens (tertiary/aromatic N) is 8. The van der Waals surface area contributed by atoms with Gasteiger partial charge in [0.05, 0.1) is 46.8 Å². The van der Waals surface area contributed by atoms with Crippen LogP contribution in [0.3, 0.4) is 0 Å². The number of rotatable bonds is 10. The first-order valence-corrected chi connectivity index (χ1v) is 21.3. The topological polar surface area (TPSA) is 134 Å². The number of aromatic amines is 2. The van der Waals surface area contributed by atoms with Gasteiger partial charge in [0.25, 0.3) is 11.8 Å². The molecule has 2 fully saturated rings. The molecular weight excluding hydrogens is 837 g/mol. The summed E-state index contributed by atoms with van der Waals surface area (Å²) in [5.74, 6) is 1.70. The maximum absolute atomic E-state index is 14.3. The molecule has 4 atom stereocenters. The zero-order valence-electron chi connectivity index (χ0n) is 35.0. The molecule has 14 heteroatoms. The van der Waals surface area contributed by atoms with Crippen molar-refractivity contribution in [2.24, 2.45) is 0 Å². The number of likely N-dealkylation sites (tertiary alicyclic amines) is 2. The highest BCUT2D eigenvalue weighted by Gasteiger charge is 2.38. The smallest absolute Gasteiger partial charge is 0.250 e. The van der Waals surface area contributed by atoms with Gasteiger partial charge in [0.2, 0.25) is 0 Å². The second kappa shape index (κ2) is 18.1. The van der Waals surface area contributed by atoms with Gasteiger partial charge in [-0.15, -0.1) is 0 Å². The largest absolute Gasteiger partial charge is 0.340 e. The third-order valence-corrected chi connectivity index (χ3v) is 12.6. The lowest BCUT2D eigenvalue weighted by Gasteiger charge is -2.28. The van der Waals surface area contributed by atoms with E-state index in [4.69, 9.17) is 9.97 Å². The SMILES string of the molecule is O=C(C(c1ccccc1)n1ccnc1)N1CCC[C@H]1c1nc2ccc(-c3ccc(-c4ccc5nc([C@@H]6CCCN6C(=O)C(c6ccccc6)n6ccnc6)[nH]c5c4)cc3)cc2[nH]1.S.S. The number of nitrogens with one attached hydrogen (secondary N) is 2. The molecule has 2 amide bonds. The Morgan fingerprint density at radius 3 is 1.33 bits per heavy atom. The van der Waals surface area contributed by atoms with E-state index in [9.17, 15) is 9.59 Å². The Balaban J connectivity index is 0.00000259. The monoisotopic (exact) mass is 884 g/mol. The Kier molecular flexibility index (Phi) is 12.0. The van der Waals surface area contributed by atoms with Crippen LogP contribution >= 0.6 is 27.0 Å². The van der Waals surface area contributed by atoms with E-state index in [0.717, 1.165) is 92.8 Å². The molecule has 2 unspecified atom stereocenters. The Morgan fingerprint density at radius 2 is 0.938 bits per heavy atom. The fraction of sp³-hybridized carbons (Fsp3) is 0.200. The summed E-state index contributed by atoms with van der Waals surface area (Å²) in [4.78, 5) is 58.2. The number of imidazole rings is 4. The van der Waals surface area contributed by atoms with Crippen LogP contribution in [0.15, 0.2) is 159 Å². The summed E-state index contributed by atoms with van der Waals surface area (Å²) < 4.78 is 3.77. The molecule has 5 aromatic carbocycles. The van der Waals surface area contributed by atoms with E-state index >= 15 is 0 Å². The van der Waals surface area contributed by atoms with E-state index in [1.807, 2.05) is 92.0 Å². The molecule has 322 valence electrons. The van der Waals surface area contributed by atoms with Crippen LogP contribution < -0.4 is 0 Å². The lowest BCUT2D eigenvalue weighted by atomic mass is 10.00. The summed E-state index contributed by atoms with van der Waals surface area (Å²) in [6, 6.07) is 39.7. The molecule has 11 rings (SSSR count). The fourth-order valence-electron chi connectivity index (χ4n) is 9.53. The van der Waals surface area contributed by atoms with Crippen molar-refractivity contribution < 1.29 is 9.59 Å². The lowest BCUT2D eigenvalue weighted by Crippen LogP contribution is -2.37. The van der Waals surface area contributed by atoms with Gasteiger partial charge in [0, 0.05) is 37.9 Å². The third kappa shape index (κ3) is 7.88. The zero-order valence-corrected chi connectivity index (χ0v) is 37.0. The van der Waals surface area contributed by atoms with Gasteiger partial charge in [0.1, 0.15) is 23.7 Å². The van der Waals surface area contributed by atoms with Gasteiger partial charge in [-0.3, -0.25) is 9.59 Å². The molecule has 64 heavy (non-hydrogen) atoms. The van der Waals surface area contributed by atoms with Crippen LogP contribution in [0, 0.1) is 0 Å². The number of fused-ring (bicyclic) bond motifs is 2. The van der Waals surface area contributed by atoms with Crippen molar-refractivity contribution in [3.63, 3.8) is 0 Å². The number of carbonyl (C=O) groups excluding carboxylic acids is 2. The molecule has 2 aliphatic rings. The highest BCUT2D eigenvalue weighted by atomic mass is 32.1. The van der Waals surface area contributed by atoms with E-state index in [2.05, 4.69) is 80.6 Å². The number of amides is 2. The van der Waals surface area contributed by atoms with Crippen LogP contribution in [0.2, 0.25) is 0 Å². The standard InChI is InChI=1S/C50H44N10O2.2H2S/c61-49(45(57-27-23-51-31-57)35-9-3-1-4-10-35)59-25-7-13-43(59)47-53-39-21-19-37(29-41(39)55-47)33-15-17-34(18-16-33)38-20-22-40-42(30-38)56-48(54-40)44-14-8-26-60(44)50(62)46(58-28-24-52-32-58)36-11-5-2-6-12-36;;/h1-6,9-12,15-24,27-32,43-46H,7-8,13-14,25-26H2,(H,53,55)(H,54,56);2*1H2/t43-,44-,45?,46?;;/m0../s1. The van der Waals surface area contributed by atoms with Gasteiger partial charge in [-0.25, -0.2) is 19.9 Å². The molecule has 12 nitrogen and oxygen atoms in total. The minimum absolute atomic E-state index is 0. The molecule has 2 saturated heterocycles. The summed E-state index contributed by atoms with van der Waals surface area (Å²) >= 11 is 0. The van der Waals surface area contributed by atoms with Gasteiger partial charge in [-0.2, -0.15) is 27.0 Å². The molecule has 0 spiro atoms. The van der Waals surface area contributed by atoms with Crippen molar-refractivity contribution in [3.8, 4) is 22.3 Å². The summed E-state index contributed by atoms with van der Waals surface area (Å²) in [7, 11) is 0. The average Bonchev–Trinajstić information content (AvgIpc) is 4.18. The summed E-state index contributed by atoms with van der Waals surface area (Å²) in [6.45, 7) is 1.35. The molecule has 6 heterocycles. The van der Waals surface area contributed by atoms with Crippen molar-refractivity contribution in [2.75, 3.05) is 13.1 Å². The molecule has 4 aromatic heterocycles. The minimum atomic E-state index is -0.496. The summed E-state index contributed by atoms with van der Waals surface area (Å²) in [5.41, 5.74) is 9.83. The summed E-state index contributed by atoms with van der Waals surface area (Å²) in [5, 5.41) is 0. The first-order valence-electron chi connectivity index (χ1n) is 21.3. The van der Waals surface area contributed by atoms with Gasteiger partial charge in [-0.05, 0) is 83.3 Å².